The van der Waals surface area contributed by atoms with E-state index in [1.807, 2.05) is 6.07 Å². The molecule has 1 heterocycles. The van der Waals surface area contributed by atoms with Gasteiger partial charge in [-0.05, 0) is 108 Å². The van der Waals surface area contributed by atoms with Crippen LogP contribution in [0.15, 0.2) is 97.2 Å². The summed E-state index contributed by atoms with van der Waals surface area (Å²) < 4.78 is 0. The highest BCUT2D eigenvalue weighted by Crippen LogP contribution is 2.44. The van der Waals surface area contributed by atoms with E-state index in [0.717, 1.165) is 24.1 Å². The van der Waals surface area contributed by atoms with Crippen molar-refractivity contribution in [3.63, 3.8) is 0 Å². The predicted molar refractivity (Wildman–Crippen MR) is 177 cm³/mol. The highest BCUT2D eigenvalue weighted by molar-refractivity contribution is 5.91. The van der Waals surface area contributed by atoms with Gasteiger partial charge in [0, 0.05) is 17.3 Å². The molecule has 0 fully saturated rings. The first kappa shape index (κ1) is 28.6. The normalized spacial score (nSPS) is 11.1. The lowest BCUT2D eigenvalue weighted by atomic mass is 9.80. The van der Waals surface area contributed by atoms with Crippen molar-refractivity contribution in [2.75, 3.05) is 0 Å². The fraction of sp³-hybridized carbons (Fsp3) is 0.275. The van der Waals surface area contributed by atoms with Crippen molar-refractivity contribution in [3.05, 3.63) is 125 Å². The zero-order valence-electron chi connectivity index (χ0n) is 25.4. The van der Waals surface area contributed by atoms with Gasteiger partial charge in [0.25, 0.3) is 0 Å². The summed E-state index contributed by atoms with van der Waals surface area (Å²) in [4.78, 5) is 4.92. The standard InChI is InChI=1S/C40H43N/c1-6-8-13-31-17-21-34(22-18-31)38-28(3)39(35-23-19-32(20-24-35)14-9-7-2)30(5)40(29(38)4)36-25-26-37(41-27-36)33-15-11-10-12-16-33/h10-12,15-27H,6-9,13-14H2,1-5H3. The second-order valence-corrected chi connectivity index (χ2v) is 11.4. The molecule has 0 unspecified atom stereocenters. The van der Waals surface area contributed by atoms with Gasteiger partial charge in [0.1, 0.15) is 0 Å². The Balaban J connectivity index is 1.66. The Hall–Kier alpha value is -3.97. The molecule has 1 nitrogen and oxygen atoms in total. The van der Waals surface area contributed by atoms with Crippen LogP contribution in [-0.2, 0) is 12.8 Å². The number of hydrogen-bond acceptors (Lipinski definition) is 1. The smallest absolute Gasteiger partial charge is 0.0702 e. The van der Waals surface area contributed by atoms with Crippen molar-refractivity contribution in [1.82, 2.24) is 4.98 Å². The van der Waals surface area contributed by atoms with Crippen LogP contribution in [0.25, 0.3) is 44.6 Å². The molecule has 0 spiro atoms. The van der Waals surface area contributed by atoms with Gasteiger partial charge in [0.2, 0.25) is 0 Å². The van der Waals surface area contributed by atoms with Crippen LogP contribution in [0.5, 0.6) is 0 Å². The van der Waals surface area contributed by atoms with Gasteiger partial charge in [0.15, 0.2) is 0 Å². The summed E-state index contributed by atoms with van der Waals surface area (Å²) in [7, 11) is 0. The third kappa shape index (κ3) is 6.20. The Morgan fingerprint density at radius 1 is 0.463 bits per heavy atom. The molecule has 4 aromatic carbocycles. The van der Waals surface area contributed by atoms with E-state index in [1.165, 1.54) is 86.9 Å². The Kier molecular flexibility index (Phi) is 9.14. The van der Waals surface area contributed by atoms with E-state index in [0.29, 0.717) is 0 Å². The molecule has 0 aliphatic carbocycles. The predicted octanol–water partition coefficient (Wildman–Crippen LogP) is 11.4. The van der Waals surface area contributed by atoms with Crippen LogP contribution in [0.1, 0.15) is 67.3 Å². The molecule has 41 heavy (non-hydrogen) atoms. The monoisotopic (exact) mass is 537 g/mol. The molecule has 0 bridgehead atoms. The number of aryl methyl sites for hydroxylation is 2. The van der Waals surface area contributed by atoms with Crippen molar-refractivity contribution in [2.24, 2.45) is 0 Å². The Morgan fingerprint density at radius 2 is 0.902 bits per heavy atom. The SMILES string of the molecule is CCCCc1ccc(-c2c(C)c(-c3ccc(CCCC)cc3)c(C)c(-c3ccc(-c4ccccc4)nc3)c2C)cc1. The number of unbranched alkanes of at least 4 members (excludes halogenated alkanes) is 2. The summed E-state index contributed by atoms with van der Waals surface area (Å²) in [5.74, 6) is 0. The first-order chi connectivity index (χ1) is 20.0. The fourth-order valence-corrected chi connectivity index (χ4v) is 6.28. The highest BCUT2D eigenvalue weighted by Gasteiger charge is 2.21. The molecular weight excluding hydrogens is 494 g/mol. The topological polar surface area (TPSA) is 12.9 Å². The van der Waals surface area contributed by atoms with Gasteiger partial charge in [0.05, 0.1) is 5.69 Å². The van der Waals surface area contributed by atoms with Gasteiger partial charge < -0.3 is 0 Å². The van der Waals surface area contributed by atoms with E-state index in [-0.39, 0.29) is 0 Å². The molecule has 5 rings (SSSR count). The number of rotatable bonds is 10. The van der Waals surface area contributed by atoms with Crippen molar-refractivity contribution in [3.8, 4) is 44.6 Å². The molecule has 208 valence electrons. The van der Waals surface area contributed by atoms with Crippen molar-refractivity contribution in [2.45, 2.75) is 73.1 Å². The Labute approximate surface area is 247 Å². The first-order valence-corrected chi connectivity index (χ1v) is 15.4. The van der Waals surface area contributed by atoms with Crippen LogP contribution in [0.2, 0.25) is 0 Å². The largest absolute Gasteiger partial charge is 0.256 e. The summed E-state index contributed by atoms with van der Waals surface area (Å²) >= 11 is 0. The Morgan fingerprint density at radius 3 is 1.32 bits per heavy atom. The van der Waals surface area contributed by atoms with Gasteiger partial charge >= 0.3 is 0 Å². The summed E-state index contributed by atoms with van der Waals surface area (Å²) in [6.45, 7) is 11.4. The number of hydrogen-bond donors (Lipinski definition) is 0. The van der Waals surface area contributed by atoms with Crippen LogP contribution in [0, 0.1) is 20.8 Å². The number of pyridine rings is 1. The van der Waals surface area contributed by atoms with E-state index in [2.05, 4.69) is 126 Å². The molecule has 0 amide bonds. The molecule has 0 aliphatic rings. The van der Waals surface area contributed by atoms with Gasteiger partial charge in [-0.3, -0.25) is 4.98 Å². The van der Waals surface area contributed by atoms with Gasteiger partial charge in [-0.1, -0.05) is 112 Å². The quantitative estimate of drug-likeness (QED) is 0.173. The van der Waals surface area contributed by atoms with Crippen molar-refractivity contribution >= 4 is 0 Å². The van der Waals surface area contributed by atoms with Crippen LogP contribution in [0.4, 0.5) is 0 Å². The van der Waals surface area contributed by atoms with E-state index in [1.54, 1.807) is 0 Å². The molecule has 0 saturated carbocycles. The fourth-order valence-electron chi connectivity index (χ4n) is 6.28. The lowest BCUT2D eigenvalue weighted by Gasteiger charge is -2.23. The molecule has 0 radical (unpaired) electrons. The average Bonchev–Trinajstić information content (AvgIpc) is 3.01. The average molecular weight is 538 g/mol. The van der Waals surface area contributed by atoms with Crippen LogP contribution >= 0.6 is 0 Å². The molecule has 0 saturated heterocycles. The second-order valence-electron chi connectivity index (χ2n) is 11.4. The first-order valence-electron chi connectivity index (χ1n) is 15.4. The lowest BCUT2D eigenvalue weighted by molar-refractivity contribution is 0.795. The van der Waals surface area contributed by atoms with Crippen molar-refractivity contribution < 1.29 is 0 Å². The zero-order valence-corrected chi connectivity index (χ0v) is 25.4. The summed E-state index contributed by atoms with van der Waals surface area (Å²) in [6, 6.07) is 33.4. The minimum Gasteiger partial charge on any atom is -0.256 e. The van der Waals surface area contributed by atoms with Gasteiger partial charge in [-0.15, -0.1) is 0 Å². The summed E-state index contributed by atoms with van der Waals surface area (Å²) in [6.07, 6.45) is 9.25. The van der Waals surface area contributed by atoms with Gasteiger partial charge in [-0.25, -0.2) is 0 Å². The maximum Gasteiger partial charge on any atom is 0.0702 e. The second kappa shape index (κ2) is 13.1. The van der Waals surface area contributed by atoms with Gasteiger partial charge in [-0.2, -0.15) is 0 Å². The maximum atomic E-state index is 4.92. The molecule has 1 aromatic heterocycles. The third-order valence-electron chi connectivity index (χ3n) is 8.49. The van der Waals surface area contributed by atoms with Crippen LogP contribution in [0.3, 0.4) is 0 Å². The zero-order chi connectivity index (χ0) is 28.8. The molecular formula is C40H43N. The maximum absolute atomic E-state index is 4.92. The summed E-state index contributed by atoms with van der Waals surface area (Å²) in [5.41, 5.74) is 16.7. The Bertz CT molecular complexity index is 1500. The molecule has 0 aliphatic heterocycles. The third-order valence-corrected chi connectivity index (χ3v) is 8.49. The van der Waals surface area contributed by atoms with Crippen molar-refractivity contribution in [1.29, 1.82) is 0 Å². The number of benzene rings is 4. The number of nitrogens with zero attached hydrogens (tertiary/aromatic N) is 1. The molecule has 5 aromatic rings. The summed E-state index contributed by atoms with van der Waals surface area (Å²) in [5, 5.41) is 0. The van der Waals surface area contributed by atoms with E-state index < -0.39 is 0 Å². The number of aromatic nitrogens is 1. The van der Waals surface area contributed by atoms with Crippen LogP contribution in [-0.4, -0.2) is 4.98 Å². The lowest BCUT2D eigenvalue weighted by Crippen LogP contribution is -2.01. The molecule has 1 heteroatoms. The van der Waals surface area contributed by atoms with E-state index >= 15 is 0 Å². The molecule has 0 N–H and O–H groups in total. The van der Waals surface area contributed by atoms with E-state index in [9.17, 15) is 0 Å². The minimum absolute atomic E-state index is 1.00. The minimum atomic E-state index is 1.00. The van der Waals surface area contributed by atoms with Crippen LogP contribution < -0.4 is 0 Å². The molecule has 0 atom stereocenters. The van der Waals surface area contributed by atoms with E-state index in [4.69, 9.17) is 4.98 Å². The highest BCUT2D eigenvalue weighted by atomic mass is 14.7.